The van der Waals surface area contributed by atoms with Crippen molar-refractivity contribution in [2.75, 3.05) is 11.9 Å². The molecule has 0 saturated carbocycles. The number of ether oxygens (including phenoxy) is 2. The Balaban J connectivity index is 1.54. The van der Waals surface area contributed by atoms with Crippen molar-refractivity contribution in [1.29, 1.82) is 0 Å². The van der Waals surface area contributed by atoms with Crippen molar-refractivity contribution in [3.05, 3.63) is 71.0 Å². The lowest BCUT2D eigenvalue weighted by Gasteiger charge is -2.10. The number of anilines is 1. The van der Waals surface area contributed by atoms with E-state index in [4.69, 9.17) is 4.74 Å². The second kappa shape index (κ2) is 10.7. The molecule has 1 heterocycles. The third kappa shape index (κ3) is 7.37. The molecule has 1 amide bonds. The van der Waals surface area contributed by atoms with E-state index in [2.05, 4.69) is 15.2 Å². The van der Waals surface area contributed by atoms with Gasteiger partial charge in [-0.25, -0.2) is 4.68 Å². The highest BCUT2D eigenvalue weighted by Gasteiger charge is 2.30. The number of hydrogen-bond donors (Lipinski definition) is 1. The van der Waals surface area contributed by atoms with Crippen molar-refractivity contribution in [2.45, 2.75) is 32.7 Å². The van der Waals surface area contributed by atoms with Gasteiger partial charge < -0.3 is 14.8 Å². The van der Waals surface area contributed by atoms with Crippen molar-refractivity contribution >= 4 is 11.6 Å². The second-order valence-electron chi connectivity index (χ2n) is 6.96. The van der Waals surface area contributed by atoms with E-state index in [9.17, 15) is 22.8 Å². The van der Waals surface area contributed by atoms with Crippen LogP contribution >= 0.6 is 0 Å². The molecule has 0 radical (unpaired) electrons. The maximum atomic E-state index is 12.2. The van der Waals surface area contributed by atoms with Crippen LogP contribution in [0, 0.1) is 0 Å². The predicted octanol–water partition coefficient (Wildman–Crippen LogP) is 4.63. The lowest BCUT2D eigenvalue weighted by Crippen LogP contribution is -2.23. The Morgan fingerprint density at radius 2 is 1.67 bits per heavy atom. The van der Waals surface area contributed by atoms with Gasteiger partial charge >= 0.3 is 6.36 Å². The lowest BCUT2D eigenvalue weighted by atomic mass is 10.1. The van der Waals surface area contributed by atoms with Gasteiger partial charge in [-0.2, -0.15) is 5.10 Å². The topological polar surface area (TPSA) is 82.5 Å². The summed E-state index contributed by atoms with van der Waals surface area (Å²) in [7, 11) is 0. The van der Waals surface area contributed by atoms with Gasteiger partial charge in [0.05, 0.1) is 12.3 Å². The van der Waals surface area contributed by atoms with Crippen LogP contribution in [-0.2, 0) is 11.3 Å². The molecule has 0 atom stereocenters. The summed E-state index contributed by atoms with van der Waals surface area (Å²) in [6.07, 6.45) is -4.33. The van der Waals surface area contributed by atoms with E-state index in [1.165, 1.54) is 22.9 Å². The Labute approximate surface area is 187 Å². The number of nitrogens with one attached hydrogen (secondary N) is 1. The first-order valence-electron chi connectivity index (χ1n) is 10.2. The summed E-state index contributed by atoms with van der Waals surface area (Å²) in [5.41, 5.74) is 1.49. The summed E-state index contributed by atoms with van der Waals surface area (Å²) in [5, 5.41) is 6.95. The van der Waals surface area contributed by atoms with Crippen molar-refractivity contribution in [3.63, 3.8) is 0 Å². The minimum absolute atomic E-state index is 0.0994. The van der Waals surface area contributed by atoms with Crippen LogP contribution in [0.1, 0.15) is 19.8 Å². The zero-order chi connectivity index (χ0) is 23.8. The van der Waals surface area contributed by atoms with Crippen LogP contribution in [0.2, 0.25) is 0 Å². The number of aromatic nitrogens is 2. The molecule has 0 saturated heterocycles. The fraction of sp³-hybridized carbons (Fsp3) is 0.261. The van der Waals surface area contributed by atoms with Crippen molar-refractivity contribution in [1.82, 2.24) is 9.78 Å². The van der Waals surface area contributed by atoms with Gasteiger partial charge in [0, 0.05) is 30.3 Å². The molecule has 0 bridgehead atoms. The largest absolute Gasteiger partial charge is 0.573 e. The molecule has 33 heavy (non-hydrogen) atoms. The van der Waals surface area contributed by atoms with Crippen molar-refractivity contribution in [2.24, 2.45) is 0 Å². The maximum absolute atomic E-state index is 12.2. The average molecular weight is 461 g/mol. The summed E-state index contributed by atoms with van der Waals surface area (Å²) in [6.45, 7) is 2.69. The first kappa shape index (κ1) is 23.8. The number of rotatable bonds is 9. The van der Waals surface area contributed by atoms with E-state index >= 15 is 0 Å². The highest BCUT2D eigenvalue weighted by molar-refractivity contribution is 5.90. The Kier molecular flexibility index (Phi) is 7.70. The Morgan fingerprint density at radius 1 is 1.00 bits per heavy atom. The van der Waals surface area contributed by atoms with E-state index in [1.54, 1.807) is 6.07 Å². The third-order valence-corrected chi connectivity index (χ3v) is 4.47. The van der Waals surface area contributed by atoms with E-state index in [0.717, 1.165) is 23.4 Å². The first-order chi connectivity index (χ1) is 15.7. The summed E-state index contributed by atoms with van der Waals surface area (Å²) < 4.78 is 47.1. The van der Waals surface area contributed by atoms with Crippen LogP contribution in [0.4, 0.5) is 18.9 Å². The number of nitrogens with zero attached hydrogens (tertiary/aromatic N) is 2. The molecule has 3 rings (SSSR count). The number of carbonyl (C=O) groups is 1. The van der Waals surface area contributed by atoms with E-state index in [-0.39, 0.29) is 30.2 Å². The summed E-state index contributed by atoms with van der Waals surface area (Å²) in [5.74, 6) is 0.0247. The molecule has 10 heteroatoms. The fourth-order valence-corrected chi connectivity index (χ4v) is 3.00. The van der Waals surface area contributed by atoms with Crippen molar-refractivity contribution < 1.29 is 27.4 Å². The number of aryl methyl sites for hydroxylation is 1. The molecule has 3 aromatic rings. The Morgan fingerprint density at radius 3 is 2.30 bits per heavy atom. The minimum Gasteiger partial charge on any atom is -0.494 e. The summed E-state index contributed by atoms with van der Waals surface area (Å²) >= 11 is 0. The van der Waals surface area contributed by atoms with E-state index in [1.807, 2.05) is 31.2 Å². The predicted molar refractivity (Wildman–Crippen MR) is 116 cm³/mol. The highest BCUT2D eigenvalue weighted by Crippen LogP contribution is 2.24. The summed E-state index contributed by atoms with van der Waals surface area (Å²) in [4.78, 5) is 24.3. The Hall–Kier alpha value is -3.82. The highest BCUT2D eigenvalue weighted by atomic mass is 19.4. The maximum Gasteiger partial charge on any atom is 0.573 e. The molecule has 2 aromatic carbocycles. The number of hydrogen-bond acceptors (Lipinski definition) is 5. The molecule has 0 aliphatic rings. The SMILES string of the molecule is CCOc1ccc(-c2ccc(=O)n(CCCC(=O)Nc3ccc(OC(F)(F)F)cc3)n2)cc1. The van der Waals surface area contributed by atoms with E-state index < -0.39 is 6.36 Å². The van der Waals surface area contributed by atoms with Gasteiger partial charge in [0.15, 0.2) is 0 Å². The summed E-state index contributed by atoms with van der Waals surface area (Å²) in [6, 6.07) is 15.2. The molecule has 1 aromatic heterocycles. The van der Waals surface area contributed by atoms with Gasteiger partial charge in [0.25, 0.3) is 5.56 Å². The number of alkyl halides is 3. The van der Waals surface area contributed by atoms with Crippen molar-refractivity contribution in [3.8, 4) is 22.8 Å². The molecule has 7 nitrogen and oxygen atoms in total. The smallest absolute Gasteiger partial charge is 0.494 e. The Bertz CT molecular complexity index is 1130. The minimum atomic E-state index is -4.78. The van der Waals surface area contributed by atoms with Gasteiger partial charge in [-0.05, 0) is 67.9 Å². The van der Waals surface area contributed by atoms with Crippen LogP contribution in [0.15, 0.2) is 65.5 Å². The first-order valence-corrected chi connectivity index (χ1v) is 10.2. The quantitative estimate of drug-likeness (QED) is 0.503. The fourth-order valence-electron chi connectivity index (χ4n) is 3.00. The molecular weight excluding hydrogens is 439 g/mol. The molecule has 174 valence electrons. The monoisotopic (exact) mass is 461 g/mol. The van der Waals surface area contributed by atoms with Gasteiger partial charge in [0.1, 0.15) is 11.5 Å². The number of halogens is 3. The standard InChI is InChI=1S/C23H22F3N3O4/c1-2-32-18-9-5-16(6-10-18)20-13-14-22(31)29(28-20)15-3-4-21(30)27-17-7-11-19(12-8-17)33-23(24,25)26/h5-14H,2-4,15H2,1H3,(H,27,30). The molecule has 1 N–H and O–H groups in total. The average Bonchev–Trinajstić information content (AvgIpc) is 2.76. The van der Waals surface area contributed by atoms with E-state index in [0.29, 0.717) is 24.4 Å². The van der Waals surface area contributed by atoms with Crippen LogP contribution in [-0.4, -0.2) is 28.7 Å². The van der Waals surface area contributed by atoms with Crippen LogP contribution in [0.3, 0.4) is 0 Å². The van der Waals surface area contributed by atoms with Gasteiger partial charge in [-0.1, -0.05) is 0 Å². The van der Waals surface area contributed by atoms with Gasteiger partial charge in [-0.15, -0.1) is 13.2 Å². The molecule has 0 fully saturated rings. The van der Waals surface area contributed by atoms with Gasteiger partial charge in [0.2, 0.25) is 5.91 Å². The number of carbonyl (C=O) groups excluding carboxylic acids is 1. The normalized spacial score (nSPS) is 11.2. The number of benzene rings is 2. The lowest BCUT2D eigenvalue weighted by molar-refractivity contribution is -0.274. The zero-order valence-electron chi connectivity index (χ0n) is 17.8. The second-order valence-corrected chi connectivity index (χ2v) is 6.96. The molecule has 0 aliphatic carbocycles. The third-order valence-electron chi connectivity index (χ3n) is 4.47. The molecule has 0 spiro atoms. The van der Waals surface area contributed by atoms with Gasteiger partial charge in [-0.3, -0.25) is 9.59 Å². The molecule has 0 aliphatic heterocycles. The zero-order valence-corrected chi connectivity index (χ0v) is 17.8. The van der Waals surface area contributed by atoms with Crippen LogP contribution < -0.4 is 20.3 Å². The molecular formula is C23H22F3N3O4. The molecule has 0 unspecified atom stereocenters. The number of amides is 1. The van der Waals surface area contributed by atoms with Crippen LogP contribution in [0.25, 0.3) is 11.3 Å². The van der Waals surface area contributed by atoms with Crippen LogP contribution in [0.5, 0.6) is 11.5 Å².